The molecule has 1 heterocycles. The van der Waals surface area contributed by atoms with Crippen molar-refractivity contribution in [1.29, 1.82) is 0 Å². The predicted octanol–water partition coefficient (Wildman–Crippen LogP) is 1.58. The maximum absolute atomic E-state index is 12.5. The van der Waals surface area contributed by atoms with E-state index in [9.17, 15) is 24.3 Å². The molecule has 0 fully saturated rings. The average Bonchev–Trinajstić information content (AvgIpc) is 3.11. The number of fused-ring (bicyclic) bond motifs is 1. The molecule has 0 saturated carbocycles. The van der Waals surface area contributed by atoms with Crippen LogP contribution in [-0.4, -0.2) is 46.6 Å². The highest BCUT2D eigenvalue weighted by molar-refractivity contribution is 7.17. The van der Waals surface area contributed by atoms with Crippen molar-refractivity contribution in [1.82, 2.24) is 5.32 Å². The quantitative estimate of drug-likeness (QED) is 0.405. The van der Waals surface area contributed by atoms with Crippen molar-refractivity contribution in [2.45, 2.75) is 37.6 Å². The van der Waals surface area contributed by atoms with Crippen molar-refractivity contribution in [2.24, 2.45) is 5.73 Å². The van der Waals surface area contributed by atoms with Crippen LogP contribution in [0.5, 0.6) is 0 Å². The van der Waals surface area contributed by atoms with Crippen LogP contribution in [0.15, 0.2) is 30.3 Å². The topological polar surface area (TPSA) is 159 Å². The molecule has 1 aromatic heterocycles. The first-order valence-electron chi connectivity index (χ1n) is 9.78. The lowest BCUT2D eigenvalue weighted by molar-refractivity contribution is -0.147. The van der Waals surface area contributed by atoms with E-state index in [1.165, 1.54) is 0 Å². The van der Waals surface area contributed by atoms with Crippen molar-refractivity contribution < 1.29 is 29.4 Å². The van der Waals surface area contributed by atoms with Gasteiger partial charge >= 0.3 is 17.8 Å². The van der Waals surface area contributed by atoms with Crippen LogP contribution < -0.4 is 16.4 Å². The fourth-order valence-corrected chi connectivity index (χ4v) is 5.07. The Kier molecular flexibility index (Phi) is 7.03. The summed E-state index contributed by atoms with van der Waals surface area (Å²) in [5.41, 5.74) is 7.48. The lowest BCUT2D eigenvalue weighted by Crippen LogP contribution is -2.43. The standard InChI is InChI=1S/C21H23N3O6S/c22-14(9-11-5-2-1-3-6-11)17(25)23-10-12-7-4-8-13-15(20(27)28)19(31-16(12)13)24-18(26)21(29)30/h1-3,5-6,12,14H,4,7-10,22H2,(H,23,25)(H,24,26)(H,27,28)(H,29,30). The van der Waals surface area contributed by atoms with Gasteiger partial charge in [0.2, 0.25) is 5.91 Å². The minimum absolute atomic E-state index is 0.00362. The summed E-state index contributed by atoms with van der Waals surface area (Å²) in [5.74, 6) is -4.66. The number of thiophene rings is 1. The zero-order valence-corrected chi connectivity index (χ0v) is 17.4. The number of amides is 2. The molecule has 0 aliphatic heterocycles. The van der Waals surface area contributed by atoms with Crippen LogP contribution >= 0.6 is 11.3 Å². The molecule has 1 aromatic carbocycles. The van der Waals surface area contributed by atoms with Crippen molar-refractivity contribution >= 4 is 40.1 Å². The minimum atomic E-state index is -1.70. The maximum atomic E-state index is 12.5. The second-order valence-electron chi connectivity index (χ2n) is 7.34. The molecule has 0 bridgehead atoms. The third-order valence-corrected chi connectivity index (χ3v) is 6.49. The molecule has 31 heavy (non-hydrogen) atoms. The van der Waals surface area contributed by atoms with Crippen molar-refractivity contribution in [3.8, 4) is 0 Å². The summed E-state index contributed by atoms with van der Waals surface area (Å²) in [6.45, 7) is 0.278. The molecule has 10 heteroatoms. The Morgan fingerprint density at radius 3 is 2.52 bits per heavy atom. The van der Waals surface area contributed by atoms with E-state index in [2.05, 4.69) is 10.6 Å². The van der Waals surface area contributed by atoms with E-state index in [1.54, 1.807) is 0 Å². The Bertz CT molecular complexity index is 1000. The lowest BCUT2D eigenvalue weighted by atomic mass is 9.87. The van der Waals surface area contributed by atoms with Gasteiger partial charge in [0.25, 0.3) is 0 Å². The summed E-state index contributed by atoms with van der Waals surface area (Å²) in [6.07, 6.45) is 2.35. The molecule has 2 aromatic rings. The SMILES string of the molecule is NC(Cc1ccccc1)C(=O)NCC1CCCc2c1sc(NC(=O)C(=O)O)c2C(=O)O. The van der Waals surface area contributed by atoms with E-state index in [0.29, 0.717) is 24.8 Å². The van der Waals surface area contributed by atoms with Crippen LogP contribution in [0.1, 0.15) is 45.1 Å². The molecule has 2 amide bonds. The number of benzene rings is 1. The highest BCUT2D eigenvalue weighted by Crippen LogP contribution is 2.43. The Morgan fingerprint density at radius 2 is 1.87 bits per heavy atom. The summed E-state index contributed by atoms with van der Waals surface area (Å²) < 4.78 is 0. The molecule has 0 spiro atoms. The molecule has 0 saturated heterocycles. The molecule has 9 nitrogen and oxygen atoms in total. The number of carbonyl (C=O) groups is 4. The molecule has 6 N–H and O–H groups in total. The molecule has 3 rings (SSSR count). The summed E-state index contributed by atoms with van der Waals surface area (Å²) in [4.78, 5) is 47.4. The summed E-state index contributed by atoms with van der Waals surface area (Å²) >= 11 is 1.05. The van der Waals surface area contributed by atoms with Crippen molar-refractivity contribution in [3.05, 3.63) is 51.9 Å². The smallest absolute Gasteiger partial charge is 0.394 e. The van der Waals surface area contributed by atoms with Crippen LogP contribution in [0.4, 0.5) is 5.00 Å². The number of nitrogens with one attached hydrogen (secondary N) is 2. The number of aromatic carboxylic acids is 1. The molecular formula is C21H23N3O6S. The highest BCUT2D eigenvalue weighted by Gasteiger charge is 2.32. The minimum Gasteiger partial charge on any atom is -0.478 e. The first kappa shape index (κ1) is 22.4. The van der Waals surface area contributed by atoms with E-state index in [0.717, 1.165) is 28.2 Å². The van der Waals surface area contributed by atoms with Gasteiger partial charge in [-0.2, -0.15) is 0 Å². The molecule has 0 radical (unpaired) electrons. The molecule has 2 atom stereocenters. The number of hydrogen-bond donors (Lipinski definition) is 5. The van der Waals surface area contributed by atoms with Gasteiger partial charge in [-0.3, -0.25) is 9.59 Å². The normalized spacial score (nSPS) is 16.1. The van der Waals surface area contributed by atoms with Gasteiger partial charge in [-0.25, -0.2) is 9.59 Å². The first-order valence-corrected chi connectivity index (χ1v) is 10.6. The van der Waals surface area contributed by atoms with Crippen LogP contribution in [0.2, 0.25) is 0 Å². The number of rotatable bonds is 7. The van der Waals surface area contributed by atoms with Crippen LogP contribution in [0, 0.1) is 0 Å². The second-order valence-corrected chi connectivity index (χ2v) is 8.40. The molecule has 1 aliphatic carbocycles. The zero-order valence-electron chi connectivity index (χ0n) is 16.6. The second kappa shape index (κ2) is 9.71. The third-order valence-electron chi connectivity index (χ3n) is 5.18. The van der Waals surface area contributed by atoms with Gasteiger partial charge in [-0.15, -0.1) is 11.3 Å². The van der Waals surface area contributed by atoms with Gasteiger partial charge in [0.1, 0.15) is 5.00 Å². The van der Waals surface area contributed by atoms with E-state index in [-0.39, 0.29) is 28.9 Å². The number of carboxylic acid groups (broad SMARTS) is 2. The maximum Gasteiger partial charge on any atom is 0.394 e. The summed E-state index contributed by atoms with van der Waals surface area (Å²) in [6, 6.07) is 8.71. The van der Waals surface area contributed by atoms with E-state index < -0.39 is 23.9 Å². The third kappa shape index (κ3) is 5.28. The van der Waals surface area contributed by atoms with Crippen molar-refractivity contribution in [2.75, 3.05) is 11.9 Å². The van der Waals surface area contributed by atoms with Crippen LogP contribution in [-0.2, 0) is 27.2 Å². The highest BCUT2D eigenvalue weighted by atomic mass is 32.1. The first-order chi connectivity index (χ1) is 14.8. The lowest BCUT2D eigenvalue weighted by Gasteiger charge is -2.23. The van der Waals surface area contributed by atoms with Crippen molar-refractivity contribution in [3.63, 3.8) is 0 Å². The fourth-order valence-electron chi connectivity index (χ4n) is 3.70. The summed E-state index contributed by atoms with van der Waals surface area (Å²) in [7, 11) is 0. The summed E-state index contributed by atoms with van der Waals surface area (Å²) in [5, 5.41) is 23.4. The monoisotopic (exact) mass is 445 g/mol. The van der Waals surface area contributed by atoms with Crippen LogP contribution in [0.25, 0.3) is 0 Å². The molecule has 164 valence electrons. The van der Waals surface area contributed by atoms with E-state index in [4.69, 9.17) is 10.8 Å². The Hall–Kier alpha value is -3.24. The van der Waals surface area contributed by atoms with E-state index >= 15 is 0 Å². The molecule has 1 aliphatic rings. The molecular weight excluding hydrogens is 422 g/mol. The van der Waals surface area contributed by atoms with Gasteiger partial charge in [-0.1, -0.05) is 30.3 Å². The number of anilines is 1. The van der Waals surface area contributed by atoms with Gasteiger partial charge in [0.05, 0.1) is 11.6 Å². The Balaban J connectivity index is 1.72. The van der Waals surface area contributed by atoms with Gasteiger partial charge in [-0.05, 0) is 36.8 Å². The number of aliphatic carboxylic acids is 1. The Morgan fingerprint density at radius 1 is 1.16 bits per heavy atom. The number of carbonyl (C=O) groups excluding carboxylic acids is 2. The van der Waals surface area contributed by atoms with Gasteiger partial charge in [0, 0.05) is 17.3 Å². The number of carboxylic acids is 2. The number of hydrogen-bond acceptors (Lipinski definition) is 6. The van der Waals surface area contributed by atoms with Gasteiger partial charge in [0.15, 0.2) is 0 Å². The zero-order chi connectivity index (χ0) is 22.5. The van der Waals surface area contributed by atoms with Crippen LogP contribution in [0.3, 0.4) is 0 Å². The van der Waals surface area contributed by atoms with E-state index in [1.807, 2.05) is 30.3 Å². The molecule has 2 unspecified atom stereocenters. The Labute approximate surface area is 182 Å². The predicted molar refractivity (Wildman–Crippen MR) is 114 cm³/mol. The largest absolute Gasteiger partial charge is 0.478 e. The number of nitrogens with two attached hydrogens (primary N) is 1. The average molecular weight is 445 g/mol. The van der Waals surface area contributed by atoms with Gasteiger partial charge < -0.3 is 26.6 Å². The fraction of sp³-hybridized carbons (Fsp3) is 0.333.